The van der Waals surface area contributed by atoms with Crippen LogP contribution in [-0.4, -0.2) is 137 Å². The Morgan fingerprint density at radius 1 is 0.849 bits per heavy atom. The zero-order valence-corrected chi connectivity index (χ0v) is 42.8. The molecule has 18 nitrogen and oxygen atoms in total. The standard InChI is InChI=1S/C55H71N13O5/c1-32-48(33(2)62-61-32)36-12-10-34(11-13-36)26-57-52(72)46-24-42(69)31-67(46)53(73)49(55(3,4)5)60-51(71)37-14-16-39(17-15-37)65-22-20-35(21-23-65)38-27-58-54(59-28-38)68-40-18-19-41(68)30-66(29-40)45-25-44(63-64-50(45)56)43-8-6-7-9-47(43)70/h6-13,25,27-28,35,37,39-42,46,49,69-70H,14-24,26,29-31H2,1-5H3,(H2,56,64)(H,57,72)(H,60,71)(H,61,62)/t37-,39-,40?,41?,42-,46+,49-/m1/s1. The van der Waals surface area contributed by atoms with E-state index in [-0.39, 0.29) is 61.0 Å². The zero-order chi connectivity index (χ0) is 51.1. The van der Waals surface area contributed by atoms with Gasteiger partial charge in [-0.25, -0.2) is 9.97 Å². The van der Waals surface area contributed by atoms with Gasteiger partial charge >= 0.3 is 0 Å². The Morgan fingerprint density at radius 2 is 1.52 bits per heavy atom. The molecule has 73 heavy (non-hydrogen) atoms. The predicted octanol–water partition coefficient (Wildman–Crippen LogP) is 5.63. The van der Waals surface area contributed by atoms with Crippen LogP contribution in [0.2, 0.25) is 0 Å². The lowest BCUT2D eigenvalue weighted by atomic mass is 9.81. The molecule has 10 rings (SSSR count). The minimum absolute atomic E-state index is 0.0325. The first kappa shape index (κ1) is 49.9. The molecule has 3 aromatic heterocycles. The SMILES string of the molecule is Cc1n[nH]c(C)c1-c1ccc(CNC(=O)[C@@H]2C[C@@H](O)CN2C(=O)[C@@H](NC(=O)[C@H]2CC[C@H](N3CCC(c4cnc(N5C6CCC5CN(c5cc(-c7ccccc7O)nnc5N)C6)nc4)CC3)CC2)C(C)(C)C)cc1. The Hall–Kier alpha value is -6.66. The van der Waals surface area contributed by atoms with Gasteiger partial charge in [0, 0.05) is 85.9 Å². The third kappa shape index (κ3) is 10.5. The number of nitrogens with one attached hydrogen (secondary N) is 3. The molecular weight excluding hydrogens is 923 g/mol. The van der Waals surface area contributed by atoms with Crippen LogP contribution in [0.3, 0.4) is 0 Å². The number of phenolic OH excluding ortho intramolecular Hbond substituents is 1. The number of aryl methyl sites for hydroxylation is 2. The van der Waals surface area contributed by atoms with E-state index in [9.17, 15) is 24.6 Å². The maximum absolute atomic E-state index is 14.4. The molecule has 1 aliphatic carbocycles. The number of hydrogen-bond acceptors (Lipinski definition) is 14. The number of piperidine rings is 1. The van der Waals surface area contributed by atoms with Gasteiger partial charge in [-0.2, -0.15) is 5.10 Å². The van der Waals surface area contributed by atoms with Crippen LogP contribution < -0.4 is 26.2 Å². The molecule has 18 heteroatoms. The Morgan fingerprint density at radius 3 is 2.16 bits per heavy atom. The van der Waals surface area contributed by atoms with Crippen molar-refractivity contribution in [1.29, 1.82) is 0 Å². The highest BCUT2D eigenvalue weighted by Gasteiger charge is 2.46. The van der Waals surface area contributed by atoms with Crippen molar-refractivity contribution in [2.45, 2.75) is 141 Å². The molecule has 5 fully saturated rings. The first-order valence-corrected chi connectivity index (χ1v) is 26.3. The molecular formula is C55H71N13O5. The van der Waals surface area contributed by atoms with Gasteiger partial charge in [0.1, 0.15) is 17.8 Å². The zero-order valence-electron chi connectivity index (χ0n) is 42.8. The van der Waals surface area contributed by atoms with E-state index in [1.54, 1.807) is 12.1 Å². The third-order valence-corrected chi connectivity index (χ3v) is 16.4. The molecule has 386 valence electrons. The Bertz CT molecular complexity index is 2750. The number of hydrogen-bond donors (Lipinski definition) is 6. The summed E-state index contributed by atoms with van der Waals surface area (Å²) in [6.07, 6.45) is 10.8. The van der Waals surface area contributed by atoms with Gasteiger partial charge in [0.25, 0.3) is 0 Å². The lowest BCUT2D eigenvalue weighted by Gasteiger charge is -2.42. The number of nitrogens with two attached hydrogens (primary N) is 1. The number of amides is 3. The highest BCUT2D eigenvalue weighted by atomic mass is 16.3. The summed E-state index contributed by atoms with van der Waals surface area (Å²) in [5.41, 5.74) is 13.9. The van der Waals surface area contributed by atoms with Crippen LogP contribution in [0.25, 0.3) is 22.4 Å². The number of benzene rings is 2. The quantitative estimate of drug-likeness (QED) is 0.0889. The summed E-state index contributed by atoms with van der Waals surface area (Å²) < 4.78 is 0. The number of β-amino-alcohol motifs (C(OH)–C–C–N with tert-alkyl or cyclic N) is 1. The summed E-state index contributed by atoms with van der Waals surface area (Å²) in [6.45, 7) is 13.5. The average molecular weight is 994 g/mol. The summed E-state index contributed by atoms with van der Waals surface area (Å²) in [4.78, 5) is 60.7. The van der Waals surface area contributed by atoms with Crippen LogP contribution in [0, 0.1) is 25.2 Å². The van der Waals surface area contributed by atoms with Crippen LogP contribution >= 0.6 is 0 Å². The molecule has 0 radical (unpaired) electrons. The van der Waals surface area contributed by atoms with Crippen LogP contribution in [0.4, 0.5) is 17.5 Å². The molecule has 7 heterocycles. The lowest BCUT2D eigenvalue weighted by molar-refractivity contribution is -0.144. The summed E-state index contributed by atoms with van der Waals surface area (Å²) in [5, 5.41) is 43.2. The van der Waals surface area contributed by atoms with Crippen molar-refractivity contribution in [3.8, 4) is 28.1 Å². The second kappa shape index (κ2) is 20.7. The summed E-state index contributed by atoms with van der Waals surface area (Å²) >= 11 is 0. The highest BCUT2D eigenvalue weighted by molar-refractivity contribution is 5.93. The summed E-state index contributed by atoms with van der Waals surface area (Å²) in [6, 6.07) is 16.2. The predicted molar refractivity (Wildman–Crippen MR) is 279 cm³/mol. The van der Waals surface area contributed by atoms with Gasteiger partial charge in [0.05, 0.1) is 23.2 Å². The second-order valence-electron chi connectivity index (χ2n) is 22.3. The highest BCUT2D eigenvalue weighted by Crippen LogP contribution is 2.40. The number of likely N-dealkylation sites (tertiary alicyclic amines) is 2. The normalized spacial score (nSPS) is 24.2. The van der Waals surface area contributed by atoms with Crippen molar-refractivity contribution in [3.63, 3.8) is 0 Å². The Kier molecular flexibility index (Phi) is 14.1. The minimum atomic E-state index is -0.861. The molecule has 4 saturated heterocycles. The number of H-pyrrole nitrogens is 1. The molecule has 3 amide bonds. The monoisotopic (exact) mass is 994 g/mol. The van der Waals surface area contributed by atoms with Gasteiger partial charge in [-0.1, -0.05) is 57.2 Å². The first-order chi connectivity index (χ1) is 35.1. The molecule has 2 bridgehead atoms. The number of carbonyl (C=O) groups excluding carboxylic acids is 3. The lowest BCUT2D eigenvalue weighted by Crippen LogP contribution is -2.58. The van der Waals surface area contributed by atoms with Crippen molar-refractivity contribution >= 4 is 35.2 Å². The maximum Gasteiger partial charge on any atom is 0.246 e. The number of para-hydroxylation sites is 1. The van der Waals surface area contributed by atoms with Crippen LogP contribution in [0.5, 0.6) is 5.75 Å². The van der Waals surface area contributed by atoms with E-state index in [1.165, 1.54) is 10.5 Å². The van der Waals surface area contributed by atoms with Crippen molar-refractivity contribution < 1.29 is 24.6 Å². The fourth-order valence-electron chi connectivity index (χ4n) is 12.3. The van der Waals surface area contributed by atoms with E-state index >= 15 is 0 Å². The van der Waals surface area contributed by atoms with Crippen LogP contribution in [-0.2, 0) is 20.9 Å². The number of aromatic nitrogens is 6. The van der Waals surface area contributed by atoms with Crippen molar-refractivity contribution in [2.75, 3.05) is 48.3 Å². The van der Waals surface area contributed by atoms with Gasteiger partial charge in [0.15, 0.2) is 5.82 Å². The number of rotatable bonds is 12. The number of carbonyl (C=O) groups is 3. The number of aromatic hydroxyl groups is 1. The minimum Gasteiger partial charge on any atom is -0.507 e. The number of aromatic amines is 1. The van der Waals surface area contributed by atoms with Crippen molar-refractivity contribution in [1.82, 2.24) is 50.8 Å². The topological polar surface area (TPSA) is 235 Å². The number of nitrogens with zero attached hydrogens (tertiary/aromatic N) is 9. The molecule has 5 atom stereocenters. The van der Waals surface area contributed by atoms with Crippen LogP contribution in [0.15, 0.2) is 67.0 Å². The third-order valence-electron chi connectivity index (χ3n) is 16.4. The molecule has 0 spiro atoms. The second-order valence-corrected chi connectivity index (χ2v) is 22.3. The summed E-state index contributed by atoms with van der Waals surface area (Å²) in [7, 11) is 0. The fourth-order valence-corrected chi connectivity index (χ4v) is 12.3. The Balaban J connectivity index is 0.686. The van der Waals surface area contributed by atoms with E-state index in [4.69, 9.17) is 15.7 Å². The molecule has 4 aliphatic heterocycles. The molecule has 1 saturated carbocycles. The average Bonchev–Trinajstić information content (AvgIpc) is 4.04. The van der Waals surface area contributed by atoms with E-state index in [0.29, 0.717) is 29.0 Å². The van der Waals surface area contributed by atoms with E-state index in [1.807, 2.05) is 89.5 Å². The number of phenols is 1. The molecule has 2 unspecified atom stereocenters. The van der Waals surface area contributed by atoms with Crippen LogP contribution in [0.1, 0.15) is 107 Å². The van der Waals surface area contributed by atoms with Gasteiger partial charge in [0.2, 0.25) is 23.7 Å². The number of aliphatic hydroxyl groups is 1. The number of anilines is 3. The molecule has 2 aromatic carbocycles. The molecule has 5 aromatic rings. The van der Waals surface area contributed by atoms with E-state index < -0.39 is 23.6 Å². The number of nitrogen functional groups attached to an aromatic ring is 1. The summed E-state index contributed by atoms with van der Waals surface area (Å²) in [5.74, 6) is 0.688. The first-order valence-electron chi connectivity index (χ1n) is 26.3. The fraction of sp³-hybridized carbons (Fsp3) is 0.527. The van der Waals surface area contributed by atoms with E-state index in [2.05, 4.69) is 45.7 Å². The molecule has 7 N–H and O–H groups in total. The molecule has 5 aliphatic rings. The number of piperazine rings is 1. The Labute approximate surface area is 427 Å². The number of aliphatic hydroxyl groups excluding tert-OH is 1. The number of fused-ring (bicyclic) bond motifs is 2. The van der Waals surface area contributed by atoms with Gasteiger partial charge in [-0.15, -0.1) is 10.2 Å². The smallest absolute Gasteiger partial charge is 0.246 e. The van der Waals surface area contributed by atoms with Crippen molar-refractivity contribution in [2.24, 2.45) is 11.3 Å². The maximum atomic E-state index is 14.4. The largest absolute Gasteiger partial charge is 0.507 e. The van der Waals surface area contributed by atoms with E-state index in [0.717, 1.165) is 117 Å². The van der Waals surface area contributed by atoms with Gasteiger partial charge < -0.3 is 46.2 Å². The van der Waals surface area contributed by atoms with Gasteiger partial charge in [-0.3, -0.25) is 19.5 Å². The van der Waals surface area contributed by atoms with Gasteiger partial charge in [-0.05, 0) is 125 Å². The van der Waals surface area contributed by atoms with Crippen molar-refractivity contribution in [3.05, 3.63) is 89.5 Å².